The second kappa shape index (κ2) is 9.03. The first kappa shape index (κ1) is 26.1. The van der Waals surface area contributed by atoms with Crippen LogP contribution in [0.2, 0.25) is 0 Å². The van der Waals surface area contributed by atoms with Crippen molar-refractivity contribution in [1.29, 1.82) is 0 Å². The van der Waals surface area contributed by atoms with Crippen molar-refractivity contribution in [3.63, 3.8) is 0 Å². The number of allylic oxidation sites excluding steroid dienone is 1. The van der Waals surface area contributed by atoms with E-state index in [9.17, 15) is 44.6 Å². The summed E-state index contributed by atoms with van der Waals surface area (Å²) in [7, 11) is 0. The fourth-order valence-corrected chi connectivity index (χ4v) is 2.23. The highest BCUT2D eigenvalue weighted by Gasteiger charge is 2.46. The van der Waals surface area contributed by atoms with Gasteiger partial charge in [-0.1, -0.05) is 0 Å². The van der Waals surface area contributed by atoms with Crippen LogP contribution in [-0.4, -0.2) is 57.0 Å². The lowest BCUT2D eigenvalue weighted by atomic mass is 9.92. The summed E-state index contributed by atoms with van der Waals surface area (Å²) >= 11 is 0. The maximum absolute atomic E-state index is 14.2. The predicted molar refractivity (Wildman–Crippen MR) is 92.1 cm³/mol. The summed E-state index contributed by atoms with van der Waals surface area (Å²) in [5.74, 6) is -8.05. The molecule has 0 aliphatic heterocycles. The summed E-state index contributed by atoms with van der Waals surface area (Å²) in [5, 5.41) is 12.8. The van der Waals surface area contributed by atoms with Gasteiger partial charge in [-0.3, -0.25) is 0 Å². The molecule has 0 saturated carbocycles. The summed E-state index contributed by atoms with van der Waals surface area (Å²) in [4.78, 5) is 10.3. The zero-order valence-corrected chi connectivity index (χ0v) is 16.0. The fraction of sp³-hybridized carbons (Fsp3) is 0.643. The highest BCUT2D eigenvalue weighted by Crippen LogP contribution is 2.41. The minimum Gasteiger partial charge on any atom is -0.380 e. The van der Waals surface area contributed by atoms with Gasteiger partial charge in [0.05, 0.1) is 0 Å². The fourth-order valence-electron chi connectivity index (χ4n) is 2.23. The highest BCUT2D eigenvalue weighted by molar-refractivity contribution is 7.59. The van der Waals surface area contributed by atoms with Crippen molar-refractivity contribution < 1.29 is 44.6 Å². The Bertz CT molecular complexity index is 784. The van der Waals surface area contributed by atoms with Crippen LogP contribution in [0.5, 0.6) is 0 Å². The van der Waals surface area contributed by atoms with Gasteiger partial charge in [-0.15, -0.1) is 0 Å². The van der Waals surface area contributed by atoms with Gasteiger partial charge in [-0.25, -0.2) is 13.2 Å². The van der Waals surface area contributed by atoms with Crippen molar-refractivity contribution in [3.05, 3.63) is 11.7 Å². The number of aromatic nitrogens is 3. The van der Waals surface area contributed by atoms with Crippen molar-refractivity contribution in [2.75, 3.05) is 17.2 Å². The number of rotatable bonds is 5. The molecule has 1 aromatic rings. The van der Waals surface area contributed by atoms with Crippen LogP contribution in [0.4, 0.5) is 51.4 Å². The molecular formula is C14H16F9N5OS. The van der Waals surface area contributed by atoms with Crippen LogP contribution in [-0.2, 0) is 0 Å². The van der Waals surface area contributed by atoms with Gasteiger partial charge in [0.15, 0.2) is 11.9 Å². The van der Waals surface area contributed by atoms with E-state index in [-0.39, 0.29) is 13.5 Å². The number of aliphatic hydroxyl groups is 1. The predicted octanol–water partition coefficient (Wildman–Crippen LogP) is 3.79. The van der Waals surface area contributed by atoms with Crippen molar-refractivity contribution in [3.8, 4) is 0 Å². The van der Waals surface area contributed by atoms with E-state index in [0.29, 0.717) is 6.92 Å². The van der Waals surface area contributed by atoms with Crippen LogP contribution in [0, 0.1) is 0 Å². The molecule has 3 N–H and O–H groups in total. The van der Waals surface area contributed by atoms with Crippen molar-refractivity contribution in [1.82, 2.24) is 15.0 Å². The second-order valence-corrected chi connectivity index (χ2v) is 6.17. The summed E-state index contributed by atoms with van der Waals surface area (Å²) in [5.41, 5.74) is -0.677. The van der Waals surface area contributed by atoms with E-state index in [1.54, 1.807) is 10.6 Å². The topological polar surface area (TPSA) is 83.0 Å². The van der Waals surface area contributed by atoms with Crippen LogP contribution < -0.4 is 10.6 Å². The number of nitrogens with one attached hydrogen (secondary N) is 2. The van der Waals surface area contributed by atoms with Crippen molar-refractivity contribution in [2.45, 2.75) is 50.2 Å². The lowest BCUT2D eigenvalue weighted by Crippen LogP contribution is -2.37. The Hall–Kier alpha value is -1.97. The van der Waals surface area contributed by atoms with E-state index in [2.05, 4.69) is 15.0 Å². The number of nitrogens with zero attached hydrogens (tertiary/aromatic N) is 3. The zero-order chi connectivity index (χ0) is 22.2. The summed E-state index contributed by atoms with van der Waals surface area (Å²) in [6.07, 6.45) is -14.1. The van der Waals surface area contributed by atoms with Gasteiger partial charge < -0.3 is 15.7 Å². The lowest BCUT2D eigenvalue weighted by molar-refractivity contribution is -0.138. The van der Waals surface area contributed by atoms with Gasteiger partial charge in [0.1, 0.15) is 18.4 Å². The van der Waals surface area contributed by atoms with Gasteiger partial charge in [-0.2, -0.15) is 54.8 Å². The molecule has 30 heavy (non-hydrogen) atoms. The quantitative estimate of drug-likeness (QED) is 0.565. The molecular weight excluding hydrogens is 457 g/mol. The molecule has 0 amide bonds. The van der Waals surface area contributed by atoms with Crippen molar-refractivity contribution >= 4 is 31.0 Å². The standard InChI is InChI=1S/C14H14F9N5O.H2S/c1-5(14(21,22)23)25-11-27-9(26-10(28-11)24-4-13(18,19)20)6-2-3-12(16,17)8(29)7(6)15;/h5,8,29H,2-4H2,1H3,(H2,24,25,26,27,28);1H2/t5-,8?;/m0./s1. The van der Waals surface area contributed by atoms with Gasteiger partial charge in [-0.05, 0) is 13.3 Å². The smallest absolute Gasteiger partial charge is 0.380 e. The Balaban J connectivity index is 0.00000450. The van der Waals surface area contributed by atoms with Crippen LogP contribution in [0.1, 0.15) is 25.6 Å². The molecule has 1 aromatic heterocycles. The molecule has 2 rings (SSSR count). The molecule has 1 aliphatic rings. The second-order valence-electron chi connectivity index (χ2n) is 6.17. The number of aliphatic hydroxyl groups excluding tert-OH is 1. The molecule has 0 aromatic carbocycles. The van der Waals surface area contributed by atoms with Crippen LogP contribution in [0.3, 0.4) is 0 Å². The summed E-state index contributed by atoms with van der Waals surface area (Å²) in [6, 6.07) is -2.24. The maximum Gasteiger partial charge on any atom is 0.408 e. The average molecular weight is 473 g/mol. The largest absolute Gasteiger partial charge is 0.408 e. The lowest BCUT2D eigenvalue weighted by Gasteiger charge is -2.27. The average Bonchev–Trinajstić information content (AvgIpc) is 2.56. The highest BCUT2D eigenvalue weighted by atomic mass is 32.1. The molecule has 6 nitrogen and oxygen atoms in total. The molecule has 2 atom stereocenters. The SMILES string of the molecule is C[C@H](Nc1nc(NCC(F)(F)F)nc(C2=C(F)C(O)C(F)(F)CC2)n1)C(F)(F)F.S. The van der Waals surface area contributed by atoms with Gasteiger partial charge in [0, 0.05) is 12.0 Å². The molecule has 172 valence electrons. The van der Waals surface area contributed by atoms with E-state index >= 15 is 0 Å². The first-order valence-corrected chi connectivity index (χ1v) is 7.95. The van der Waals surface area contributed by atoms with Gasteiger partial charge in [0.25, 0.3) is 5.92 Å². The van der Waals surface area contributed by atoms with Crippen LogP contribution in [0.25, 0.3) is 5.57 Å². The molecule has 0 bridgehead atoms. The minimum absolute atomic E-state index is 0. The minimum atomic E-state index is -4.78. The van der Waals surface area contributed by atoms with E-state index in [0.717, 1.165) is 0 Å². The molecule has 0 radical (unpaired) electrons. The Morgan fingerprint density at radius 1 is 1.10 bits per heavy atom. The first-order chi connectivity index (χ1) is 13.1. The van der Waals surface area contributed by atoms with E-state index < -0.39 is 78.9 Å². The molecule has 1 aliphatic carbocycles. The Labute approximate surface area is 170 Å². The molecule has 16 heteroatoms. The summed E-state index contributed by atoms with van der Waals surface area (Å²) < 4.78 is 116. The third kappa shape index (κ3) is 6.52. The van der Waals surface area contributed by atoms with E-state index in [1.807, 2.05) is 0 Å². The number of alkyl halides is 8. The first-order valence-electron chi connectivity index (χ1n) is 7.95. The van der Waals surface area contributed by atoms with Crippen LogP contribution in [0.15, 0.2) is 5.83 Å². The number of anilines is 2. The summed E-state index contributed by atoms with van der Waals surface area (Å²) in [6.45, 7) is -1.01. The number of hydrogen-bond acceptors (Lipinski definition) is 6. The zero-order valence-electron chi connectivity index (χ0n) is 15.0. The molecule has 1 heterocycles. The van der Waals surface area contributed by atoms with Crippen LogP contribution >= 0.6 is 13.5 Å². The third-order valence-electron chi connectivity index (χ3n) is 3.83. The third-order valence-corrected chi connectivity index (χ3v) is 3.83. The monoisotopic (exact) mass is 473 g/mol. The Morgan fingerprint density at radius 2 is 1.67 bits per heavy atom. The number of hydrogen-bond donors (Lipinski definition) is 3. The van der Waals surface area contributed by atoms with Gasteiger partial charge in [0.2, 0.25) is 11.9 Å². The normalized spacial score (nSPS) is 20.4. The molecule has 0 fully saturated rings. The van der Waals surface area contributed by atoms with E-state index in [1.165, 1.54) is 0 Å². The Morgan fingerprint density at radius 3 is 2.20 bits per heavy atom. The number of halogens is 9. The Kier molecular flexibility index (Phi) is 7.85. The molecule has 1 unspecified atom stereocenters. The maximum atomic E-state index is 14.2. The van der Waals surface area contributed by atoms with E-state index in [4.69, 9.17) is 0 Å². The molecule has 0 saturated heterocycles. The van der Waals surface area contributed by atoms with Gasteiger partial charge >= 0.3 is 12.4 Å². The van der Waals surface area contributed by atoms with Crippen molar-refractivity contribution in [2.24, 2.45) is 0 Å². The molecule has 0 spiro atoms.